The van der Waals surface area contributed by atoms with Crippen LogP contribution in [-0.2, 0) is 65.4 Å². The van der Waals surface area contributed by atoms with E-state index in [9.17, 15) is 43.2 Å². The van der Waals surface area contributed by atoms with E-state index < -0.39 is 97.5 Å². The molecule has 0 rings (SSSR count). The first kappa shape index (κ1) is 87.1. The number of unbranched alkanes of at least 4 members (excludes halogenated alkanes) is 33. The highest BCUT2D eigenvalue weighted by Crippen LogP contribution is 2.45. The van der Waals surface area contributed by atoms with Crippen molar-refractivity contribution in [2.75, 3.05) is 39.6 Å². The number of carbonyl (C=O) groups excluding carboxylic acids is 4. The molecule has 3 N–H and O–H groups in total. The molecule has 0 saturated carbocycles. The molecule has 0 aromatic carbocycles. The third-order valence-corrected chi connectivity index (χ3v) is 19.1. The molecule has 0 aliphatic carbocycles. The smallest absolute Gasteiger partial charge is 0.462 e. The lowest BCUT2D eigenvalue weighted by atomic mass is 9.99. The zero-order chi connectivity index (χ0) is 65.9. The maximum Gasteiger partial charge on any atom is 0.472 e. The monoisotopic (exact) mass is 1310 g/mol. The summed E-state index contributed by atoms with van der Waals surface area (Å²) in [5.74, 6) is 0.217. The molecule has 0 heterocycles. The van der Waals surface area contributed by atoms with Crippen LogP contribution in [0.15, 0.2) is 0 Å². The molecule has 0 spiro atoms. The van der Waals surface area contributed by atoms with Crippen molar-refractivity contribution < 1.29 is 80.2 Å². The van der Waals surface area contributed by atoms with Crippen molar-refractivity contribution in [3.8, 4) is 0 Å². The summed E-state index contributed by atoms with van der Waals surface area (Å²) in [6.07, 6.45) is 44.2. The second-order valence-corrected chi connectivity index (χ2v) is 28.9. The van der Waals surface area contributed by atoms with E-state index in [2.05, 4.69) is 48.5 Å². The van der Waals surface area contributed by atoms with E-state index in [0.717, 1.165) is 114 Å². The van der Waals surface area contributed by atoms with Crippen LogP contribution in [0.4, 0.5) is 0 Å². The number of hydrogen-bond acceptors (Lipinski definition) is 15. The van der Waals surface area contributed by atoms with Gasteiger partial charge in [-0.3, -0.25) is 37.3 Å². The first-order chi connectivity index (χ1) is 42.8. The van der Waals surface area contributed by atoms with Crippen LogP contribution in [0.3, 0.4) is 0 Å². The van der Waals surface area contributed by atoms with Crippen LogP contribution in [0.1, 0.15) is 350 Å². The van der Waals surface area contributed by atoms with Crippen LogP contribution in [0.5, 0.6) is 0 Å². The number of phosphoric ester groups is 2. The fourth-order valence-electron chi connectivity index (χ4n) is 10.4. The van der Waals surface area contributed by atoms with Crippen LogP contribution >= 0.6 is 15.6 Å². The van der Waals surface area contributed by atoms with Gasteiger partial charge in [0, 0.05) is 25.7 Å². The van der Waals surface area contributed by atoms with Crippen molar-refractivity contribution >= 4 is 39.5 Å². The summed E-state index contributed by atoms with van der Waals surface area (Å²) in [4.78, 5) is 72.5. The Hall–Kier alpha value is -1.94. The van der Waals surface area contributed by atoms with Gasteiger partial charge in [-0.1, -0.05) is 299 Å². The van der Waals surface area contributed by atoms with Gasteiger partial charge in [0.15, 0.2) is 12.2 Å². The largest absolute Gasteiger partial charge is 0.472 e. The van der Waals surface area contributed by atoms with E-state index in [1.165, 1.54) is 154 Å². The zero-order valence-corrected chi connectivity index (χ0v) is 59.7. The molecule has 17 nitrogen and oxygen atoms in total. The molecule has 19 heteroatoms. The molecule has 0 saturated heterocycles. The normalized spacial score (nSPS) is 15.1. The lowest BCUT2D eigenvalue weighted by Crippen LogP contribution is -2.30. The molecule has 0 fully saturated rings. The molecule has 0 aromatic rings. The Kier molecular flexibility index (Phi) is 59.6. The molecule has 8 atom stereocenters. The predicted octanol–water partition coefficient (Wildman–Crippen LogP) is 19.8. The minimum absolute atomic E-state index is 0.106. The molecule has 528 valence electrons. The lowest BCUT2D eigenvalue weighted by Gasteiger charge is -2.21. The number of aliphatic hydroxyl groups excluding tert-OH is 1. The number of phosphoric acid groups is 2. The van der Waals surface area contributed by atoms with E-state index in [1.54, 1.807) is 0 Å². The zero-order valence-electron chi connectivity index (χ0n) is 57.9. The SMILES string of the molecule is CCCCCCCCCCCCCC(=O)O[C@H](COC(=O)CCCCCCCCC(C)CC)COP(=O)(O)OC[C@H](O)COP(=O)(O)OC[C@@H](COC(=O)CCCCCCCCCCCCC(C)CC)OC(=O)CCCCCCCCCCCCC(C)CC. The molecule has 0 aliphatic rings. The highest BCUT2D eigenvalue weighted by Gasteiger charge is 2.30. The molecule has 5 unspecified atom stereocenters. The Morgan fingerprint density at radius 3 is 0.798 bits per heavy atom. The van der Waals surface area contributed by atoms with Crippen molar-refractivity contribution in [1.29, 1.82) is 0 Å². The molecule has 89 heavy (non-hydrogen) atoms. The predicted molar refractivity (Wildman–Crippen MR) is 358 cm³/mol. The Labute approximate surface area is 543 Å². The van der Waals surface area contributed by atoms with E-state index in [-0.39, 0.29) is 25.7 Å². The minimum Gasteiger partial charge on any atom is -0.462 e. The average molecular weight is 1310 g/mol. The van der Waals surface area contributed by atoms with Gasteiger partial charge in [-0.05, 0) is 43.4 Å². The van der Waals surface area contributed by atoms with Crippen LogP contribution in [0, 0.1) is 17.8 Å². The number of hydrogen-bond donors (Lipinski definition) is 3. The van der Waals surface area contributed by atoms with E-state index in [0.29, 0.717) is 25.7 Å². The number of ether oxygens (including phenoxy) is 4. The maximum atomic E-state index is 13.0. The number of rotatable bonds is 68. The molecular weight excluding hydrogens is 1170 g/mol. The van der Waals surface area contributed by atoms with Gasteiger partial charge in [0.2, 0.25) is 0 Å². The number of aliphatic hydroxyl groups is 1. The van der Waals surface area contributed by atoms with Gasteiger partial charge in [-0.15, -0.1) is 0 Å². The summed E-state index contributed by atoms with van der Waals surface area (Å²) < 4.78 is 68.3. The molecule has 0 aliphatic heterocycles. The maximum absolute atomic E-state index is 13.0. The summed E-state index contributed by atoms with van der Waals surface area (Å²) >= 11 is 0. The Balaban J connectivity index is 5.27. The highest BCUT2D eigenvalue weighted by atomic mass is 31.2. The van der Waals surface area contributed by atoms with E-state index in [4.69, 9.17) is 37.0 Å². The fraction of sp³-hybridized carbons (Fsp3) is 0.943. The quantitative estimate of drug-likeness (QED) is 0.0222. The van der Waals surface area contributed by atoms with E-state index >= 15 is 0 Å². The van der Waals surface area contributed by atoms with Gasteiger partial charge in [-0.2, -0.15) is 0 Å². The Morgan fingerprint density at radius 2 is 0.539 bits per heavy atom. The van der Waals surface area contributed by atoms with Gasteiger partial charge < -0.3 is 33.8 Å². The van der Waals surface area contributed by atoms with Crippen molar-refractivity contribution in [2.45, 2.75) is 369 Å². The number of esters is 4. The lowest BCUT2D eigenvalue weighted by molar-refractivity contribution is -0.161. The number of carbonyl (C=O) groups is 4. The Bertz CT molecular complexity index is 1760. The van der Waals surface area contributed by atoms with Crippen LogP contribution in [0.2, 0.25) is 0 Å². The molecule has 0 radical (unpaired) electrons. The van der Waals surface area contributed by atoms with Gasteiger partial charge >= 0.3 is 39.5 Å². The van der Waals surface area contributed by atoms with Crippen molar-refractivity contribution in [2.24, 2.45) is 17.8 Å². The van der Waals surface area contributed by atoms with Crippen LogP contribution < -0.4 is 0 Å². The second-order valence-electron chi connectivity index (χ2n) is 26.0. The van der Waals surface area contributed by atoms with Crippen molar-refractivity contribution in [3.63, 3.8) is 0 Å². The van der Waals surface area contributed by atoms with Gasteiger partial charge in [0.25, 0.3) is 0 Å². The topological polar surface area (TPSA) is 237 Å². The van der Waals surface area contributed by atoms with Gasteiger partial charge in [-0.25, -0.2) is 9.13 Å². The Morgan fingerprint density at radius 1 is 0.315 bits per heavy atom. The van der Waals surface area contributed by atoms with Gasteiger partial charge in [0.1, 0.15) is 19.3 Å². The second kappa shape index (κ2) is 61.0. The summed E-state index contributed by atoms with van der Waals surface area (Å²) in [5, 5.41) is 10.6. The molecule has 0 aromatic heterocycles. The molecular formula is C70H136O17P2. The van der Waals surface area contributed by atoms with Crippen molar-refractivity contribution in [3.05, 3.63) is 0 Å². The average Bonchev–Trinajstić information content (AvgIpc) is 3.52. The van der Waals surface area contributed by atoms with E-state index in [1.807, 2.05) is 0 Å². The van der Waals surface area contributed by atoms with Crippen molar-refractivity contribution in [1.82, 2.24) is 0 Å². The summed E-state index contributed by atoms with van der Waals surface area (Å²) in [6, 6.07) is 0. The highest BCUT2D eigenvalue weighted by molar-refractivity contribution is 7.47. The standard InChI is InChI=1S/C70H136O17P2/c1-8-12-13-14-15-16-17-25-30-39-46-53-69(74)87-66(58-81-68(73)52-45-38-33-32-36-43-50-63(7)11-4)60-85-89(78,79)83-56-64(71)55-82-88(76,77)84-59-65(86-70(75)54-47-40-31-26-21-19-23-28-35-42-49-62(6)10-3)57-80-67(72)51-44-37-29-24-20-18-22-27-34-41-48-61(5)9-2/h61-66,71H,8-60H2,1-7H3,(H,76,77)(H,78,79)/t61?,62?,63?,64-,65-,66-/m1/s1. The minimum atomic E-state index is -4.95. The third kappa shape index (κ3) is 60.7. The molecule has 0 amide bonds. The van der Waals surface area contributed by atoms with Gasteiger partial charge in [0.05, 0.1) is 26.4 Å². The first-order valence-corrected chi connectivity index (χ1v) is 39.5. The summed E-state index contributed by atoms with van der Waals surface area (Å²) in [7, 11) is -9.90. The molecule has 0 bridgehead atoms. The summed E-state index contributed by atoms with van der Waals surface area (Å²) in [6.45, 7) is 11.9. The third-order valence-electron chi connectivity index (χ3n) is 17.2. The van der Waals surface area contributed by atoms with Crippen LogP contribution in [-0.4, -0.2) is 96.7 Å². The fourth-order valence-corrected chi connectivity index (χ4v) is 12.0. The first-order valence-electron chi connectivity index (χ1n) is 36.5. The summed E-state index contributed by atoms with van der Waals surface area (Å²) in [5.41, 5.74) is 0. The van der Waals surface area contributed by atoms with Crippen LogP contribution in [0.25, 0.3) is 0 Å².